The molecule has 2 aromatic heterocycles. The number of aromatic carboxylic acids is 1. The van der Waals surface area contributed by atoms with Crippen LogP contribution in [0.25, 0.3) is 5.65 Å². The van der Waals surface area contributed by atoms with E-state index in [-0.39, 0.29) is 11.2 Å². The number of nitrogens with zero attached hydrogens (tertiary/aromatic N) is 3. The Morgan fingerprint density at radius 1 is 1.38 bits per heavy atom. The van der Waals surface area contributed by atoms with E-state index in [0.29, 0.717) is 10.5 Å². The molecule has 0 unspecified atom stereocenters. The van der Waals surface area contributed by atoms with Crippen molar-refractivity contribution in [2.75, 3.05) is 0 Å². The Kier molecular flexibility index (Phi) is 2.07. The van der Waals surface area contributed by atoms with E-state index in [1.54, 1.807) is 0 Å². The monoisotopic (exact) mass is 231 g/mol. The van der Waals surface area contributed by atoms with Gasteiger partial charge in [-0.25, -0.2) is 4.79 Å². The molecule has 0 amide bonds. The van der Waals surface area contributed by atoms with E-state index in [0.717, 1.165) is 12.4 Å². The highest BCUT2D eigenvalue weighted by molar-refractivity contribution is 5.94. The minimum atomic E-state index is -4.59. The highest BCUT2D eigenvalue weighted by Gasteiger charge is 2.34. The van der Waals surface area contributed by atoms with Gasteiger partial charge in [0, 0.05) is 0 Å². The lowest BCUT2D eigenvalue weighted by Gasteiger charge is -2.09. The van der Waals surface area contributed by atoms with E-state index < -0.39 is 17.8 Å². The molecule has 0 aliphatic rings. The summed E-state index contributed by atoms with van der Waals surface area (Å²) in [6.45, 7) is 0. The summed E-state index contributed by atoms with van der Waals surface area (Å²) in [4.78, 5) is 10.7. The van der Waals surface area contributed by atoms with E-state index in [4.69, 9.17) is 5.11 Å². The van der Waals surface area contributed by atoms with Gasteiger partial charge in [-0.05, 0) is 12.1 Å². The summed E-state index contributed by atoms with van der Waals surface area (Å²) < 4.78 is 38.1. The molecular weight excluding hydrogens is 227 g/mol. The molecule has 84 valence electrons. The predicted molar refractivity (Wildman–Crippen MR) is 44.9 cm³/mol. The van der Waals surface area contributed by atoms with Gasteiger partial charge in [-0.2, -0.15) is 13.2 Å². The molecule has 0 atom stereocenters. The third-order valence-electron chi connectivity index (χ3n) is 1.98. The third-order valence-corrected chi connectivity index (χ3v) is 1.98. The van der Waals surface area contributed by atoms with Crippen LogP contribution in [0.15, 0.2) is 18.5 Å². The van der Waals surface area contributed by atoms with Crippen molar-refractivity contribution < 1.29 is 23.1 Å². The molecule has 2 heterocycles. The number of carboxylic acids is 1. The van der Waals surface area contributed by atoms with Crippen LogP contribution in [0.4, 0.5) is 13.2 Å². The lowest BCUT2D eigenvalue weighted by atomic mass is 10.2. The van der Waals surface area contributed by atoms with Gasteiger partial charge in [-0.1, -0.05) is 0 Å². The van der Waals surface area contributed by atoms with Crippen LogP contribution >= 0.6 is 0 Å². The van der Waals surface area contributed by atoms with Crippen molar-refractivity contribution in [2.45, 2.75) is 6.18 Å². The first-order valence-electron chi connectivity index (χ1n) is 4.04. The maximum atomic E-state index is 12.5. The summed E-state index contributed by atoms with van der Waals surface area (Å²) in [5.41, 5.74) is -1.68. The molecule has 1 N–H and O–H groups in total. The zero-order valence-corrected chi connectivity index (χ0v) is 7.56. The second-order valence-electron chi connectivity index (χ2n) is 2.96. The lowest BCUT2D eigenvalue weighted by Crippen LogP contribution is -2.13. The van der Waals surface area contributed by atoms with Crippen molar-refractivity contribution in [3.05, 3.63) is 29.7 Å². The van der Waals surface area contributed by atoms with Crippen LogP contribution in [0.3, 0.4) is 0 Å². The second-order valence-corrected chi connectivity index (χ2v) is 2.96. The predicted octanol–water partition coefficient (Wildman–Crippen LogP) is 1.45. The Hall–Kier alpha value is -2.12. The fourth-order valence-electron chi connectivity index (χ4n) is 1.31. The van der Waals surface area contributed by atoms with Gasteiger partial charge in [-0.15, -0.1) is 10.2 Å². The number of pyridine rings is 1. The van der Waals surface area contributed by atoms with Crippen molar-refractivity contribution in [1.82, 2.24) is 14.6 Å². The van der Waals surface area contributed by atoms with Crippen LogP contribution in [0.2, 0.25) is 0 Å². The normalized spacial score (nSPS) is 11.9. The van der Waals surface area contributed by atoms with E-state index in [9.17, 15) is 18.0 Å². The number of aromatic nitrogens is 3. The standard InChI is InChI=1S/C8H4F3N3O2/c9-8(10,11)5-2-1-4(7(15)16)6-13-12-3-14(5)6/h1-3H,(H,15,16). The highest BCUT2D eigenvalue weighted by atomic mass is 19.4. The van der Waals surface area contributed by atoms with Gasteiger partial charge in [0.2, 0.25) is 0 Å². The lowest BCUT2D eigenvalue weighted by molar-refractivity contribution is -0.142. The number of carbonyl (C=O) groups is 1. The van der Waals surface area contributed by atoms with Crippen LogP contribution in [-0.2, 0) is 6.18 Å². The van der Waals surface area contributed by atoms with Gasteiger partial charge in [0.25, 0.3) is 0 Å². The van der Waals surface area contributed by atoms with E-state index in [1.165, 1.54) is 0 Å². The molecule has 16 heavy (non-hydrogen) atoms. The molecule has 2 aromatic rings. The van der Waals surface area contributed by atoms with E-state index in [1.807, 2.05) is 0 Å². The van der Waals surface area contributed by atoms with Gasteiger partial charge in [0.1, 0.15) is 17.6 Å². The Balaban J connectivity index is 2.79. The van der Waals surface area contributed by atoms with Crippen molar-refractivity contribution in [3.63, 3.8) is 0 Å². The zero-order valence-electron chi connectivity index (χ0n) is 7.56. The van der Waals surface area contributed by atoms with Crippen molar-refractivity contribution in [3.8, 4) is 0 Å². The average Bonchev–Trinajstić information content (AvgIpc) is 2.61. The van der Waals surface area contributed by atoms with Gasteiger partial charge < -0.3 is 5.11 Å². The molecule has 0 saturated carbocycles. The van der Waals surface area contributed by atoms with Crippen LogP contribution < -0.4 is 0 Å². The summed E-state index contributed by atoms with van der Waals surface area (Å²) in [7, 11) is 0. The molecule has 0 bridgehead atoms. The van der Waals surface area contributed by atoms with Crippen LogP contribution in [0, 0.1) is 0 Å². The van der Waals surface area contributed by atoms with E-state index in [2.05, 4.69) is 10.2 Å². The summed E-state index contributed by atoms with van der Waals surface area (Å²) in [5, 5.41) is 15.3. The maximum Gasteiger partial charge on any atom is 0.431 e. The largest absolute Gasteiger partial charge is 0.478 e. The molecule has 2 rings (SSSR count). The van der Waals surface area contributed by atoms with E-state index >= 15 is 0 Å². The van der Waals surface area contributed by atoms with Gasteiger partial charge in [0.05, 0.1) is 0 Å². The summed E-state index contributed by atoms with van der Waals surface area (Å²) in [6, 6.07) is 1.54. The molecule has 0 aromatic carbocycles. The highest BCUT2D eigenvalue weighted by Crippen LogP contribution is 2.30. The van der Waals surface area contributed by atoms with Gasteiger partial charge in [-0.3, -0.25) is 4.40 Å². The maximum absolute atomic E-state index is 12.5. The SMILES string of the molecule is O=C(O)c1ccc(C(F)(F)F)n2cnnc12. The molecule has 5 nitrogen and oxygen atoms in total. The smallest absolute Gasteiger partial charge is 0.431 e. The Morgan fingerprint density at radius 2 is 2.06 bits per heavy atom. The number of hydrogen-bond donors (Lipinski definition) is 1. The molecule has 0 radical (unpaired) electrons. The number of alkyl halides is 3. The Labute approximate surface area is 86.1 Å². The minimum Gasteiger partial charge on any atom is -0.478 e. The minimum absolute atomic E-state index is 0.328. The van der Waals surface area contributed by atoms with Gasteiger partial charge >= 0.3 is 12.1 Å². The first kappa shape index (κ1) is 10.4. The summed E-state index contributed by atoms with van der Waals surface area (Å²) in [5.74, 6) is -1.35. The van der Waals surface area contributed by atoms with Crippen LogP contribution in [-0.4, -0.2) is 25.7 Å². The van der Waals surface area contributed by atoms with Crippen LogP contribution in [0.1, 0.15) is 16.1 Å². The molecule has 0 fully saturated rings. The topological polar surface area (TPSA) is 67.5 Å². The number of hydrogen-bond acceptors (Lipinski definition) is 3. The molecule has 0 saturated heterocycles. The van der Waals surface area contributed by atoms with Crippen LogP contribution in [0.5, 0.6) is 0 Å². The summed E-state index contributed by atoms with van der Waals surface area (Å²) >= 11 is 0. The Morgan fingerprint density at radius 3 is 2.62 bits per heavy atom. The van der Waals surface area contributed by atoms with Gasteiger partial charge in [0.15, 0.2) is 5.65 Å². The fourth-order valence-corrected chi connectivity index (χ4v) is 1.31. The molecule has 0 aliphatic carbocycles. The zero-order chi connectivity index (χ0) is 11.9. The fraction of sp³-hybridized carbons (Fsp3) is 0.125. The first-order chi connectivity index (χ1) is 7.41. The molecular formula is C8H4F3N3O2. The molecule has 0 aliphatic heterocycles. The average molecular weight is 231 g/mol. The second kappa shape index (κ2) is 3.19. The third kappa shape index (κ3) is 1.47. The number of fused-ring (bicyclic) bond motifs is 1. The van der Waals surface area contributed by atoms with Crippen molar-refractivity contribution in [2.24, 2.45) is 0 Å². The number of rotatable bonds is 1. The molecule has 8 heteroatoms. The Bertz CT molecular complexity index is 561. The van der Waals surface area contributed by atoms with Crippen molar-refractivity contribution in [1.29, 1.82) is 0 Å². The molecule has 0 spiro atoms. The number of carboxylic acid groups (broad SMARTS) is 1. The first-order valence-corrected chi connectivity index (χ1v) is 4.04. The number of halogens is 3. The van der Waals surface area contributed by atoms with Crippen molar-refractivity contribution >= 4 is 11.6 Å². The summed E-state index contributed by atoms with van der Waals surface area (Å²) in [6.07, 6.45) is -3.76. The quantitative estimate of drug-likeness (QED) is 0.806.